The number of ketones is 1. The molecule has 1 amide bonds. The van der Waals surface area contributed by atoms with E-state index in [1.165, 1.54) is 12.2 Å². The van der Waals surface area contributed by atoms with E-state index in [9.17, 15) is 9.59 Å². The summed E-state index contributed by atoms with van der Waals surface area (Å²) in [5, 5.41) is 0. The van der Waals surface area contributed by atoms with E-state index in [0.29, 0.717) is 6.61 Å². The minimum atomic E-state index is -0.872. The fourth-order valence-corrected chi connectivity index (χ4v) is 2.57. The largest absolute Gasteiger partial charge is 0.347 e. The van der Waals surface area contributed by atoms with Gasteiger partial charge in [-0.25, -0.2) is 0 Å². The van der Waals surface area contributed by atoms with Gasteiger partial charge in [0, 0.05) is 7.05 Å². The van der Waals surface area contributed by atoms with Crippen LogP contribution in [0.4, 0.5) is 0 Å². The minimum Gasteiger partial charge on any atom is -0.347 e. The van der Waals surface area contributed by atoms with Crippen molar-refractivity contribution in [2.75, 3.05) is 13.7 Å². The molecule has 2 aliphatic rings. The van der Waals surface area contributed by atoms with Crippen molar-refractivity contribution in [1.82, 2.24) is 4.90 Å². The first-order valence-electron chi connectivity index (χ1n) is 7.04. The summed E-state index contributed by atoms with van der Waals surface area (Å²) in [6.07, 6.45) is 12.0. The van der Waals surface area contributed by atoms with Crippen LogP contribution in [0.1, 0.15) is 25.7 Å². The summed E-state index contributed by atoms with van der Waals surface area (Å²) in [6.45, 7) is 4.10. The Morgan fingerprint density at radius 3 is 2.75 bits per heavy atom. The van der Waals surface area contributed by atoms with Crippen molar-refractivity contribution in [2.24, 2.45) is 5.92 Å². The number of rotatable bonds is 5. The van der Waals surface area contributed by atoms with Crippen molar-refractivity contribution in [1.29, 1.82) is 0 Å². The molecule has 0 radical (unpaired) electrons. The van der Waals surface area contributed by atoms with Crippen LogP contribution < -0.4 is 0 Å². The maximum atomic E-state index is 12.4. The second-order valence-corrected chi connectivity index (χ2v) is 5.30. The van der Waals surface area contributed by atoms with Crippen LogP contribution in [0, 0.1) is 5.92 Å². The number of hydrogen-bond donors (Lipinski definition) is 0. The molecule has 1 aliphatic carbocycles. The van der Waals surface area contributed by atoms with Gasteiger partial charge >= 0.3 is 0 Å². The Kier molecular flexibility index (Phi) is 4.55. The lowest BCUT2D eigenvalue weighted by molar-refractivity contribution is -0.176. The Morgan fingerprint density at radius 2 is 2.10 bits per heavy atom. The van der Waals surface area contributed by atoms with Crippen molar-refractivity contribution in [3.8, 4) is 0 Å². The molecule has 0 aromatic rings. The highest BCUT2D eigenvalue weighted by Gasteiger charge is 2.43. The second kappa shape index (κ2) is 6.18. The quantitative estimate of drug-likeness (QED) is 0.571. The van der Waals surface area contributed by atoms with E-state index in [1.54, 1.807) is 24.1 Å². The van der Waals surface area contributed by atoms with Gasteiger partial charge in [-0.15, -0.1) is 6.58 Å². The lowest BCUT2D eigenvalue weighted by atomic mass is 9.95. The maximum Gasteiger partial charge on any atom is 0.230 e. The van der Waals surface area contributed by atoms with Crippen molar-refractivity contribution in [3.05, 3.63) is 37.0 Å². The molecule has 1 saturated heterocycles. The van der Waals surface area contributed by atoms with E-state index >= 15 is 0 Å². The molecule has 1 spiro atoms. The van der Waals surface area contributed by atoms with Gasteiger partial charge in [0.1, 0.15) is 0 Å². The van der Waals surface area contributed by atoms with Gasteiger partial charge in [0.25, 0.3) is 0 Å². The Bertz CT molecular complexity index is 448. The molecule has 4 heteroatoms. The molecule has 4 nitrogen and oxygen atoms in total. The fourth-order valence-electron chi connectivity index (χ4n) is 2.57. The first-order chi connectivity index (χ1) is 9.59. The van der Waals surface area contributed by atoms with Gasteiger partial charge in [-0.05, 0) is 43.6 Å². The fraction of sp³-hybridized carbons (Fsp3) is 0.500. The lowest BCUT2D eigenvalue weighted by Crippen LogP contribution is -2.57. The highest BCUT2D eigenvalue weighted by Crippen LogP contribution is 2.31. The van der Waals surface area contributed by atoms with Crippen LogP contribution in [-0.2, 0) is 14.3 Å². The summed E-state index contributed by atoms with van der Waals surface area (Å²) in [6, 6.07) is 0. The molecule has 2 rings (SSSR count). The minimum absolute atomic E-state index is 0.0772. The van der Waals surface area contributed by atoms with Crippen molar-refractivity contribution in [3.63, 3.8) is 0 Å². The van der Waals surface area contributed by atoms with E-state index in [1.807, 2.05) is 6.08 Å². The highest BCUT2D eigenvalue weighted by molar-refractivity contribution is 6.00. The molecular formula is C16H21NO3. The van der Waals surface area contributed by atoms with Crippen molar-refractivity contribution >= 4 is 11.7 Å². The topological polar surface area (TPSA) is 46.6 Å². The molecule has 0 aromatic heterocycles. The van der Waals surface area contributed by atoms with Gasteiger partial charge in [-0.1, -0.05) is 12.5 Å². The van der Waals surface area contributed by atoms with Gasteiger partial charge in [-0.2, -0.15) is 0 Å². The van der Waals surface area contributed by atoms with Crippen LogP contribution in [0.3, 0.4) is 0 Å². The third-order valence-corrected chi connectivity index (χ3v) is 3.90. The Morgan fingerprint density at radius 1 is 1.40 bits per heavy atom. The molecule has 0 aromatic carbocycles. The molecule has 20 heavy (non-hydrogen) atoms. The summed E-state index contributed by atoms with van der Waals surface area (Å²) < 4.78 is 5.87. The predicted molar refractivity (Wildman–Crippen MR) is 76.9 cm³/mol. The SMILES string of the molecule is C=CCCCCC1COC2(C=CC(=O)C=C2)N(C)C1=O. The predicted octanol–water partition coefficient (Wildman–Crippen LogP) is 2.23. The Balaban J connectivity index is 1.97. The van der Waals surface area contributed by atoms with Crippen molar-refractivity contribution < 1.29 is 14.3 Å². The average Bonchev–Trinajstić information content (AvgIpc) is 2.46. The zero-order valence-corrected chi connectivity index (χ0v) is 11.9. The molecular weight excluding hydrogens is 254 g/mol. The second-order valence-electron chi connectivity index (χ2n) is 5.30. The number of carbonyl (C=O) groups is 2. The average molecular weight is 275 g/mol. The van der Waals surface area contributed by atoms with Crippen LogP contribution >= 0.6 is 0 Å². The van der Waals surface area contributed by atoms with Gasteiger partial charge in [0.15, 0.2) is 11.5 Å². The molecule has 0 bridgehead atoms. The highest BCUT2D eigenvalue weighted by atomic mass is 16.5. The van der Waals surface area contributed by atoms with Gasteiger partial charge in [-0.3, -0.25) is 9.59 Å². The van der Waals surface area contributed by atoms with Gasteiger partial charge < -0.3 is 9.64 Å². The van der Waals surface area contributed by atoms with Crippen LogP contribution in [0.15, 0.2) is 37.0 Å². The van der Waals surface area contributed by atoms with Crippen molar-refractivity contribution in [2.45, 2.75) is 31.4 Å². The number of likely N-dealkylation sites (N-methyl/N-ethyl adjacent to an activating group) is 1. The van der Waals surface area contributed by atoms with E-state index in [4.69, 9.17) is 4.74 Å². The van der Waals surface area contributed by atoms with E-state index < -0.39 is 5.72 Å². The standard InChI is InChI=1S/C16H21NO3/c1-3-4-5-6-7-13-12-20-16(17(2)15(13)19)10-8-14(18)9-11-16/h3,8-11,13H,1,4-7,12H2,2H3. The van der Waals surface area contributed by atoms with Gasteiger partial charge in [0.2, 0.25) is 5.91 Å². The maximum absolute atomic E-state index is 12.4. The molecule has 0 N–H and O–H groups in total. The smallest absolute Gasteiger partial charge is 0.230 e. The van der Waals surface area contributed by atoms with Crippen LogP contribution in [0.5, 0.6) is 0 Å². The number of amides is 1. The summed E-state index contributed by atoms with van der Waals surface area (Å²) in [5.74, 6) is -0.0833. The molecule has 1 fully saturated rings. The number of hydrogen-bond acceptors (Lipinski definition) is 3. The zero-order valence-electron chi connectivity index (χ0n) is 11.9. The normalized spacial score (nSPS) is 24.4. The molecule has 0 saturated carbocycles. The first kappa shape index (κ1) is 14.7. The summed E-state index contributed by atoms with van der Waals surface area (Å²) >= 11 is 0. The Hall–Kier alpha value is -1.68. The molecule has 1 unspecified atom stereocenters. The van der Waals surface area contributed by atoms with E-state index in [0.717, 1.165) is 25.7 Å². The van der Waals surface area contributed by atoms with E-state index in [2.05, 4.69) is 6.58 Å². The van der Waals surface area contributed by atoms with Crippen LogP contribution in [0.25, 0.3) is 0 Å². The Labute approximate surface area is 119 Å². The number of carbonyl (C=O) groups excluding carboxylic acids is 2. The monoisotopic (exact) mass is 275 g/mol. The third kappa shape index (κ3) is 2.90. The molecule has 1 atom stereocenters. The van der Waals surface area contributed by atoms with Crippen LogP contribution in [0.2, 0.25) is 0 Å². The number of unbranched alkanes of at least 4 members (excludes halogenated alkanes) is 2. The van der Waals surface area contributed by atoms with Crippen LogP contribution in [-0.4, -0.2) is 36.0 Å². The number of nitrogens with zero attached hydrogens (tertiary/aromatic N) is 1. The third-order valence-electron chi connectivity index (χ3n) is 3.90. The molecule has 1 aliphatic heterocycles. The molecule has 1 heterocycles. The lowest BCUT2D eigenvalue weighted by Gasteiger charge is -2.44. The molecule has 108 valence electrons. The van der Waals surface area contributed by atoms with Gasteiger partial charge in [0.05, 0.1) is 12.5 Å². The number of allylic oxidation sites excluding steroid dienone is 3. The number of ether oxygens (including phenoxy) is 1. The van der Waals surface area contributed by atoms with E-state index in [-0.39, 0.29) is 17.6 Å². The zero-order chi connectivity index (χ0) is 14.6. The summed E-state index contributed by atoms with van der Waals surface area (Å²) in [4.78, 5) is 25.2. The summed E-state index contributed by atoms with van der Waals surface area (Å²) in [5.41, 5.74) is -0.872. The summed E-state index contributed by atoms with van der Waals surface area (Å²) in [7, 11) is 1.72. The first-order valence-corrected chi connectivity index (χ1v) is 7.04.